The van der Waals surface area contributed by atoms with Gasteiger partial charge >= 0.3 is 0 Å². The minimum atomic E-state index is 0.669. The molecule has 2 aromatic rings. The van der Waals surface area contributed by atoms with E-state index in [9.17, 15) is 0 Å². The molecular weight excluding hydrogens is 166 g/mol. The summed E-state index contributed by atoms with van der Waals surface area (Å²) in [4.78, 5) is 18.2. The number of rotatable bonds is 1. The molecule has 5 heteroatoms. The van der Waals surface area contributed by atoms with E-state index in [2.05, 4.69) is 19.9 Å². The van der Waals surface area contributed by atoms with E-state index in [1.807, 2.05) is 19.0 Å². The second kappa shape index (κ2) is 2.93. The van der Waals surface area contributed by atoms with Crippen LogP contribution < -0.4 is 4.90 Å². The number of fused-ring (bicyclic) bond motifs is 1. The van der Waals surface area contributed by atoms with E-state index in [0.717, 1.165) is 11.0 Å². The van der Waals surface area contributed by atoms with Gasteiger partial charge in [0, 0.05) is 14.1 Å². The van der Waals surface area contributed by atoms with E-state index in [0.29, 0.717) is 5.95 Å². The smallest absolute Gasteiger partial charge is 0.225 e. The lowest BCUT2D eigenvalue weighted by Crippen LogP contribution is -2.12. The van der Waals surface area contributed by atoms with Crippen LogP contribution in [0.5, 0.6) is 0 Å². The number of hydrogen-bond donors (Lipinski definition) is 0. The zero-order valence-corrected chi connectivity index (χ0v) is 7.47. The first-order valence-electron chi connectivity index (χ1n) is 3.87. The summed E-state index contributed by atoms with van der Waals surface area (Å²) in [6.07, 6.45) is 4.86. The first kappa shape index (κ1) is 7.85. The Morgan fingerprint density at radius 3 is 2.69 bits per heavy atom. The van der Waals surface area contributed by atoms with E-state index in [-0.39, 0.29) is 0 Å². The van der Waals surface area contributed by atoms with Gasteiger partial charge in [-0.05, 0) is 0 Å². The van der Waals surface area contributed by atoms with Crippen molar-refractivity contribution in [1.82, 2.24) is 19.9 Å². The SMILES string of the molecule is CN(C)c1ncc2ncncc2n1. The van der Waals surface area contributed by atoms with Crippen LogP contribution >= 0.6 is 0 Å². The molecule has 0 fully saturated rings. The van der Waals surface area contributed by atoms with Gasteiger partial charge in [-0.2, -0.15) is 0 Å². The number of nitrogens with zero attached hydrogens (tertiary/aromatic N) is 5. The Kier molecular flexibility index (Phi) is 1.77. The third-order valence-corrected chi connectivity index (χ3v) is 1.65. The third-order valence-electron chi connectivity index (χ3n) is 1.65. The molecule has 0 unspecified atom stereocenters. The second-order valence-corrected chi connectivity index (χ2v) is 2.86. The van der Waals surface area contributed by atoms with E-state index in [1.165, 1.54) is 6.33 Å². The van der Waals surface area contributed by atoms with E-state index in [4.69, 9.17) is 0 Å². The van der Waals surface area contributed by atoms with Gasteiger partial charge in [0.05, 0.1) is 12.4 Å². The molecule has 66 valence electrons. The maximum absolute atomic E-state index is 4.26. The highest BCUT2D eigenvalue weighted by Gasteiger charge is 2.01. The molecular formula is C8H9N5. The molecule has 13 heavy (non-hydrogen) atoms. The fourth-order valence-corrected chi connectivity index (χ4v) is 0.988. The van der Waals surface area contributed by atoms with Crippen LogP contribution in [-0.4, -0.2) is 34.0 Å². The van der Waals surface area contributed by atoms with Crippen molar-refractivity contribution in [1.29, 1.82) is 0 Å². The van der Waals surface area contributed by atoms with Crippen LogP contribution in [0.2, 0.25) is 0 Å². The summed E-state index contributed by atoms with van der Waals surface area (Å²) in [5, 5.41) is 0. The van der Waals surface area contributed by atoms with Gasteiger partial charge in [-0.3, -0.25) is 0 Å². The Morgan fingerprint density at radius 1 is 1.08 bits per heavy atom. The molecule has 0 saturated heterocycles. The van der Waals surface area contributed by atoms with Crippen LogP contribution in [0.15, 0.2) is 18.7 Å². The summed E-state index contributed by atoms with van der Waals surface area (Å²) in [5.41, 5.74) is 1.53. The van der Waals surface area contributed by atoms with Crippen molar-refractivity contribution < 1.29 is 0 Å². The predicted molar refractivity (Wildman–Crippen MR) is 49.5 cm³/mol. The molecule has 0 spiro atoms. The summed E-state index contributed by atoms with van der Waals surface area (Å²) < 4.78 is 0. The molecule has 5 nitrogen and oxygen atoms in total. The van der Waals surface area contributed by atoms with Gasteiger partial charge in [0.25, 0.3) is 0 Å². The fourth-order valence-electron chi connectivity index (χ4n) is 0.988. The molecule has 0 bridgehead atoms. The highest BCUT2D eigenvalue weighted by Crippen LogP contribution is 2.08. The van der Waals surface area contributed by atoms with Crippen molar-refractivity contribution in [3.8, 4) is 0 Å². The molecule has 0 aliphatic heterocycles. The maximum atomic E-state index is 4.26. The zero-order chi connectivity index (χ0) is 9.26. The lowest BCUT2D eigenvalue weighted by molar-refractivity contribution is 1.01. The largest absolute Gasteiger partial charge is 0.347 e. The molecule has 2 aromatic heterocycles. The summed E-state index contributed by atoms with van der Waals surface area (Å²) in [6, 6.07) is 0. The van der Waals surface area contributed by atoms with E-state index >= 15 is 0 Å². The predicted octanol–water partition coefficient (Wildman–Crippen LogP) is 0.486. The van der Waals surface area contributed by atoms with Crippen LogP contribution in [0.4, 0.5) is 5.95 Å². The molecule has 0 saturated carbocycles. The van der Waals surface area contributed by atoms with Gasteiger partial charge in [0.15, 0.2) is 0 Å². The number of hydrogen-bond acceptors (Lipinski definition) is 5. The second-order valence-electron chi connectivity index (χ2n) is 2.86. The van der Waals surface area contributed by atoms with Gasteiger partial charge in [0.1, 0.15) is 17.4 Å². The highest BCUT2D eigenvalue weighted by atomic mass is 15.2. The quantitative estimate of drug-likeness (QED) is 0.631. The maximum Gasteiger partial charge on any atom is 0.225 e. The minimum absolute atomic E-state index is 0.669. The zero-order valence-electron chi connectivity index (χ0n) is 7.47. The first-order chi connectivity index (χ1) is 6.27. The van der Waals surface area contributed by atoms with Gasteiger partial charge in [-0.1, -0.05) is 0 Å². The molecule has 0 N–H and O–H groups in total. The normalized spacial score (nSPS) is 10.3. The Labute approximate surface area is 75.5 Å². The molecule has 0 amide bonds. The molecule has 0 aromatic carbocycles. The fraction of sp³-hybridized carbons (Fsp3) is 0.250. The lowest BCUT2D eigenvalue weighted by Gasteiger charge is -2.08. The van der Waals surface area contributed by atoms with E-state index in [1.54, 1.807) is 12.4 Å². The van der Waals surface area contributed by atoms with Crippen molar-refractivity contribution in [2.75, 3.05) is 19.0 Å². The van der Waals surface area contributed by atoms with Gasteiger partial charge in [0.2, 0.25) is 5.95 Å². The molecule has 2 rings (SSSR count). The molecule has 2 heterocycles. The minimum Gasteiger partial charge on any atom is -0.347 e. The number of anilines is 1. The molecule has 0 aliphatic rings. The Bertz CT molecular complexity index is 426. The van der Waals surface area contributed by atoms with Gasteiger partial charge in [-0.15, -0.1) is 0 Å². The highest BCUT2D eigenvalue weighted by molar-refractivity contribution is 5.72. The summed E-state index contributed by atoms with van der Waals surface area (Å²) in [7, 11) is 3.79. The van der Waals surface area contributed by atoms with Gasteiger partial charge < -0.3 is 4.90 Å². The molecule has 0 aliphatic carbocycles. The first-order valence-corrected chi connectivity index (χ1v) is 3.87. The van der Waals surface area contributed by atoms with Crippen molar-refractivity contribution in [2.45, 2.75) is 0 Å². The van der Waals surface area contributed by atoms with Crippen molar-refractivity contribution in [3.05, 3.63) is 18.7 Å². The summed E-state index contributed by atoms with van der Waals surface area (Å²) in [6.45, 7) is 0. The van der Waals surface area contributed by atoms with E-state index < -0.39 is 0 Å². The monoisotopic (exact) mass is 175 g/mol. The van der Waals surface area contributed by atoms with Gasteiger partial charge in [-0.25, -0.2) is 19.9 Å². The summed E-state index contributed by atoms with van der Waals surface area (Å²) >= 11 is 0. The standard InChI is InChI=1S/C8H9N5/c1-13(2)8-10-4-6-7(12-8)3-9-5-11-6/h3-5H,1-2H3. The van der Waals surface area contributed by atoms with Crippen LogP contribution in [0.3, 0.4) is 0 Å². The Balaban J connectivity index is 2.62. The lowest BCUT2D eigenvalue weighted by atomic mass is 10.4. The van der Waals surface area contributed by atoms with Crippen LogP contribution in [-0.2, 0) is 0 Å². The van der Waals surface area contributed by atoms with Crippen molar-refractivity contribution >= 4 is 17.0 Å². The third kappa shape index (κ3) is 1.40. The Hall–Kier alpha value is -1.78. The van der Waals surface area contributed by atoms with Crippen LogP contribution in [0.1, 0.15) is 0 Å². The van der Waals surface area contributed by atoms with Crippen molar-refractivity contribution in [3.63, 3.8) is 0 Å². The molecule has 0 atom stereocenters. The summed E-state index contributed by atoms with van der Waals surface area (Å²) in [5.74, 6) is 0.669. The number of aromatic nitrogens is 4. The topological polar surface area (TPSA) is 54.8 Å². The molecule has 0 radical (unpaired) electrons. The Morgan fingerprint density at radius 2 is 1.92 bits per heavy atom. The average molecular weight is 175 g/mol. The van der Waals surface area contributed by atoms with Crippen molar-refractivity contribution in [2.24, 2.45) is 0 Å². The average Bonchev–Trinajstić information content (AvgIpc) is 2.17. The van der Waals surface area contributed by atoms with Crippen LogP contribution in [0, 0.1) is 0 Å². The van der Waals surface area contributed by atoms with Crippen LogP contribution in [0.25, 0.3) is 11.0 Å².